The van der Waals surface area contributed by atoms with Crippen LogP contribution in [0, 0.1) is 5.41 Å². The molecule has 0 aromatic carbocycles. The summed E-state index contributed by atoms with van der Waals surface area (Å²) in [7, 11) is 0. The molecule has 1 rings (SSSR count). The fraction of sp³-hybridized carbons (Fsp3) is 0.875. The van der Waals surface area contributed by atoms with Crippen molar-refractivity contribution in [1.82, 2.24) is 0 Å². The molecule has 5 N–H and O–H groups in total. The molecule has 7 nitrogen and oxygen atoms in total. The zero-order valence-corrected chi connectivity index (χ0v) is 11.1. The Bertz CT molecular complexity index is 310. The zero-order chi connectivity index (χ0) is 14.1. The summed E-state index contributed by atoms with van der Waals surface area (Å²) < 4.78 is 7.55. The minimum absolute atomic E-state index is 0.619. The van der Waals surface area contributed by atoms with Gasteiger partial charge in [-0.15, -0.1) is 0 Å². The molecule has 0 aromatic rings. The van der Waals surface area contributed by atoms with Crippen LogP contribution in [0.4, 0.5) is 0 Å². The molecule has 18 heavy (non-hydrogen) atoms. The van der Waals surface area contributed by atoms with Crippen LogP contribution >= 0.6 is 34.8 Å². The molecule has 1 saturated heterocycles. The first-order valence-electron chi connectivity index (χ1n) is 4.81. The molecule has 106 valence electrons. The number of hydrogen-bond donors (Lipinski definition) is 5. The second-order valence-corrected chi connectivity index (χ2v) is 5.92. The number of alkyl halides is 3. The molecular formula is C8H12Cl3NO6. The van der Waals surface area contributed by atoms with Gasteiger partial charge >= 0.3 is 0 Å². The Hall–Kier alpha value is 0.140. The Morgan fingerprint density at radius 3 is 2.17 bits per heavy atom. The summed E-state index contributed by atoms with van der Waals surface area (Å²) in [4.78, 5) is 0. The van der Waals surface area contributed by atoms with Crippen molar-refractivity contribution in [2.24, 2.45) is 0 Å². The van der Waals surface area contributed by atoms with E-state index in [2.05, 4.69) is 0 Å². The van der Waals surface area contributed by atoms with Crippen LogP contribution in [0.1, 0.15) is 0 Å². The number of aliphatic hydroxyl groups is 4. The number of nitrogens with one attached hydrogen (secondary N) is 1. The Morgan fingerprint density at radius 2 is 1.72 bits per heavy atom. The average molecular weight is 325 g/mol. The number of ether oxygens (including phenoxy) is 2. The summed E-state index contributed by atoms with van der Waals surface area (Å²) in [5.74, 6) is -0.822. The van der Waals surface area contributed by atoms with E-state index in [1.54, 1.807) is 0 Å². The molecule has 0 spiro atoms. The predicted molar refractivity (Wildman–Crippen MR) is 62.9 cm³/mol. The molecule has 10 heteroatoms. The van der Waals surface area contributed by atoms with Crippen LogP contribution in [0.25, 0.3) is 0 Å². The lowest BCUT2D eigenvalue weighted by Crippen LogP contribution is -2.59. The van der Waals surface area contributed by atoms with Crippen LogP contribution in [0.15, 0.2) is 0 Å². The smallest absolute Gasteiger partial charge is 0.265 e. The highest BCUT2D eigenvalue weighted by atomic mass is 35.6. The van der Waals surface area contributed by atoms with E-state index in [0.29, 0.717) is 0 Å². The molecule has 0 bridgehead atoms. The van der Waals surface area contributed by atoms with Gasteiger partial charge in [0.1, 0.15) is 24.4 Å². The summed E-state index contributed by atoms with van der Waals surface area (Å²) in [6.45, 7) is -0.619. The van der Waals surface area contributed by atoms with Crippen molar-refractivity contribution in [2.45, 2.75) is 34.5 Å². The molecule has 0 aromatic heterocycles. The molecule has 1 fully saturated rings. The Balaban J connectivity index is 2.74. The number of hydrogen-bond acceptors (Lipinski definition) is 7. The Labute approximate surface area is 117 Å². The maximum Gasteiger partial charge on any atom is 0.265 e. The van der Waals surface area contributed by atoms with E-state index in [-0.39, 0.29) is 0 Å². The van der Waals surface area contributed by atoms with Gasteiger partial charge in [0.2, 0.25) is 12.2 Å². The Morgan fingerprint density at radius 1 is 1.17 bits per heavy atom. The molecule has 1 aliphatic rings. The summed E-state index contributed by atoms with van der Waals surface area (Å²) in [6, 6.07) is 0. The maximum atomic E-state index is 9.57. The summed E-state index contributed by atoms with van der Waals surface area (Å²) in [5.41, 5.74) is 0. The van der Waals surface area contributed by atoms with Gasteiger partial charge in [-0.05, 0) is 0 Å². The minimum atomic E-state index is -2.15. The molecule has 0 amide bonds. The van der Waals surface area contributed by atoms with Crippen LogP contribution in [0.2, 0.25) is 0 Å². The zero-order valence-electron chi connectivity index (χ0n) is 8.83. The Kier molecular flexibility index (Phi) is 5.45. The third-order valence-electron chi connectivity index (χ3n) is 2.34. The topological polar surface area (TPSA) is 123 Å². The highest BCUT2D eigenvalue weighted by molar-refractivity contribution is 6.76. The van der Waals surface area contributed by atoms with Crippen LogP contribution in [0.5, 0.6) is 0 Å². The lowest BCUT2D eigenvalue weighted by atomic mass is 9.99. The molecule has 1 heterocycles. The van der Waals surface area contributed by atoms with Crippen molar-refractivity contribution < 1.29 is 29.9 Å². The van der Waals surface area contributed by atoms with Crippen molar-refractivity contribution in [2.75, 3.05) is 6.61 Å². The van der Waals surface area contributed by atoms with Crippen LogP contribution < -0.4 is 0 Å². The van der Waals surface area contributed by atoms with Crippen LogP contribution in [-0.4, -0.2) is 67.4 Å². The van der Waals surface area contributed by atoms with Crippen molar-refractivity contribution >= 4 is 40.7 Å². The van der Waals surface area contributed by atoms with Gasteiger partial charge in [0.25, 0.3) is 3.79 Å². The molecule has 0 aliphatic carbocycles. The first kappa shape index (κ1) is 16.2. The average Bonchev–Trinajstić information content (AvgIpc) is 2.28. The first-order valence-corrected chi connectivity index (χ1v) is 5.94. The third kappa shape index (κ3) is 3.58. The SMILES string of the molecule is N=C(O[C@@H]1O[C@H](CO)[C@@H](O)[C@H](O)[C@@H]1O)C(Cl)(Cl)Cl. The molecular weight excluding hydrogens is 312 g/mol. The van der Waals surface area contributed by atoms with E-state index < -0.39 is 47.0 Å². The highest BCUT2D eigenvalue weighted by Crippen LogP contribution is 2.30. The lowest BCUT2D eigenvalue weighted by molar-refractivity contribution is -0.281. The van der Waals surface area contributed by atoms with Crippen LogP contribution in [0.3, 0.4) is 0 Å². The van der Waals surface area contributed by atoms with E-state index in [1.165, 1.54) is 0 Å². The molecule has 5 atom stereocenters. The van der Waals surface area contributed by atoms with E-state index in [0.717, 1.165) is 0 Å². The van der Waals surface area contributed by atoms with Gasteiger partial charge in [0.05, 0.1) is 6.61 Å². The number of halogens is 3. The van der Waals surface area contributed by atoms with Gasteiger partial charge in [0.15, 0.2) is 0 Å². The molecule has 0 saturated carbocycles. The lowest BCUT2D eigenvalue weighted by Gasteiger charge is -2.39. The van der Waals surface area contributed by atoms with Crippen molar-refractivity contribution in [3.8, 4) is 0 Å². The molecule has 0 radical (unpaired) electrons. The normalized spacial score (nSPS) is 37.4. The van der Waals surface area contributed by atoms with Crippen molar-refractivity contribution in [3.05, 3.63) is 0 Å². The van der Waals surface area contributed by atoms with Gasteiger partial charge in [-0.25, -0.2) is 0 Å². The standard InChI is InChI=1S/C8H12Cl3NO6/c9-8(10,11)7(12)18-6-5(16)4(15)3(14)2(1-13)17-6/h2-6,12-16H,1H2/t2-,3-,4+,5+,6+/m1/s1. The van der Waals surface area contributed by atoms with E-state index in [9.17, 15) is 15.3 Å². The number of aliphatic hydroxyl groups excluding tert-OH is 4. The van der Waals surface area contributed by atoms with Gasteiger partial charge < -0.3 is 29.9 Å². The van der Waals surface area contributed by atoms with Crippen molar-refractivity contribution in [1.29, 1.82) is 5.41 Å². The molecule has 1 aliphatic heterocycles. The van der Waals surface area contributed by atoms with Gasteiger partial charge in [-0.2, -0.15) is 0 Å². The summed E-state index contributed by atoms with van der Waals surface area (Å²) in [5, 5.41) is 44.7. The predicted octanol–water partition coefficient (Wildman–Crippen LogP) is -0.850. The number of rotatable bonds is 2. The van der Waals surface area contributed by atoms with E-state index in [1.807, 2.05) is 0 Å². The monoisotopic (exact) mass is 323 g/mol. The fourth-order valence-electron chi connectivity index (χ4n) is 1.35. The van der Waals surface area contributed by atoms with Gasteiger partial charge in [-0.3, -0.25) is 5.41 Å². The van der Waals surface area contributed by atoms with E-state index in [4.69, 9.17) is 54.8 Å². The fourth-order valence-corrected chi connectivity index (χ4v) is 1.48. The summed E-state index contributed by atoms with van der Waals surface area (Å²) >= 11 is 16.1. The minimum Gasteiger partial charge on any atom is -0.445 e. The first-order chi connectivity index (χ1) is 8.18. The van der Waals surface area contributed by atoms with Crippen LogP contribution in [-0.2, 0) is 9.47 Å². The third-order valence-corrected chi connectivity index (χ3v) is 2.85. The highest BCUT2D eigenvalue weighted by Gasteiger charge is 2.46. The maximum absolute atomic E-state index is 9.57. The second kappa shape index (κ2) is 6.06. The quantitative estimate of drug-likeness (QED) is 0.256. The summed E-state index contributed by atoms with van der Waals surface area (Å²) in [6.07, 6.45) is -7.49. The van der Waals surface area contributed by atoms with E-state index >= 15 is 0 Å². The van der Waals surface area contributed by atoms with Gasteiger partial charge in [-0.1, -0.05) is 34.8 Å². The largest absolute Gasteiger partial charge is 0.445 e. The second-order valence-electron chi connectivity index (χ2n) is 3.64. The molecule has 0 unspecified atom stereocenters. The van der Waals surface area contributed by atoms with Gasteiger partial charge in [0, 0.05) is 0 Å². The van der Waals surface area contributed by atoms with Crippen molar-refractivity contribution in [3.63, 3.8) is 0 Å².